The molecule has 1 unspecified atom stereocenters. The summed E-state index contributed by atoms with van der Waals surface area (Å²) >= 11 is 11.5. The molecule has 1 aromatic carbocycles. The first kappa shape index (κ1) is 18.9. The smallest absolute Gasteiger partial charge is 0.339 e. The van der Waals surface area contributed by atoms with Gasteiger partial charge in [0.15, 0.2) is 4.77 Å². The first-order valence-corrected chi connectivity index (χ1v) is 9.37. The normalized spacial score (nSPS) is 14.8. The summed E-state index contributed by atoms with van der Waals surface area (Å²) in [4.78, 5) is 12.4. The van der Waals surface area contributed by atoms with Crippen LogP contribution < -0.4 is 0 Å². The molecule has 2 aromatic rings. The molecule has 8 heteroatoms. The highest BCUT2D eigenvalue weighted by atomic mass is 35.5. The molecule has 1 aliphatic heterocycles. The highest BCUT2D eigenvalue weighted by Gasteiger charge is 2.25. The second-order valence-electron chi connectivity index (χ2n) is 6.40. The van der Waals surface area contributed by atoms with Crippen LogP contribution in [0.3, 0.4) is 0 Å². The molecule has 0 spiro atoms. The number of rotatable bonds is 4. The standard InChI is InChI=1S/C18H20ClFN2O3S/c1-3-10(2)25-17(24)11-8-15(13(20)9-12(11)19)22-16(23)14-6-4-5-7-21(14)18(22)26/h8-10,23H,3-7H2,1-2H3. The Balaban J connectivity index is 2.12. The molecule has 0 radical (unpaired) electrons. The zero-order chi connectivity index (χ0) is 19.0. The van der Waals surface area contributed by atoms with Gasteiger partial charge in [0.2, 0.25) is 5.88 Å². The Bertz CT molecular complexity index is 922. The number of carbonyl (C=O) groups excluding carboxylic acids is 1. The number of fused-ring (bicyclic) bond motifs is 1. The predicted octanol–water partition coefficient (Wildman–Crippen LogP) is 4.80. The van der Waals surface area contributed by atoms with E-state index in [-0.39, 0.29) is 28.3 Å². The third kappa shape index (κ3) is 3.25. The average Bonchev–Trinajstić information content (AvgIpc) is 2.86. The Kier molecular flexibility index (Phi) is 5.39. The number of aromatic hydroxyl groups is 1. The summed E-state index contributed by atoms with van der Waals surface area (Å²) in [7, 11) is 0. The lowest BCUT2D eigenvalue weighted by atomic mass is 10.1. The lowest BCUT2D eigenvalue weighted by Gasteiger charge is -2.14. The van der Waals surface area contributed by atoms with E-state index in [4.69, 9.17) is 28.6 Å². The number of hydrogen-bond acceptors (Lipinski definition) is 4. The van der Waals surface area contributed by atoms with Crippen LogP contribution in [0.15, 0.2) is 12.1 Å². The van der Waals surface area contributed by atoms with Crippen LogP contribution >= 0.6 is 23.8 Å². The summed E-state index contributed by atoms with van der Waals surface area (Å²) < 4.78 is 23.2. The Morgan fingerprint density at radius 1 is 1.46 bits per heavy atom. The molecule has 1 aromatic heterocycles. The molecule has 0 saturated heterocycles. The van der Waals surface area contributed by atoms with E-state index in [1.807, 2.05) is 6.92 Å². The largest absolute Gasteiger partial charge is 0.493 e. The summed E-state index contributed by atoms with van der Waals surface area (Å²) in [6, 6.07) is 2.33. The average molecular weight is 399 g/mol. The van der Waals surface area contributed by atoms with Crippen LogP contribution in [0.1, 0.15) is 49.2 Å². The van der Waals surface area contributed by atoms with Gasteiger partial charge in [0.05, 0.1) is 28.1 Å². The van der Waals surface area contributed by atoms with Crippen LogP contribution in [0.25, 0.3) is 5.69 Å². The molecule has 3 rings (SSSR count). The first-order valence-electron chi connectivity index (χ1n) is 8.58. The van der Waals surface area contributed by atoms with Gasteiger partial charge in [0, 0.05) is 6.54 Å². The maximum absolute atomic E-state index is 14.6. The van der Waals surface area contributed by atoms with Gasteiger partial charge in [-0.2, -0.15) is 0 Å². The van der Waals surface area contributed by atoms with E-state index in [1.54, 1.807) is 11.5 Å². The number of carbonyl (C=O) groups is 1. The second-order valence-corrected chi connectivity index (χ2v) is 7.18. The molecule has 140 valence electrons. The molecule has 0 saturated carbocycles. The number of benzene rings is 1. The van der Waals surface area contributed by atoms with Crippen LogP contribution in [0, 0.1) is 10.6 Å². The van der Waals surface area contributed by atoms with Crippen molar-refractivity contribution in [2.75, 3.05) is 0 Å². The number of nitrogens with zero attached hydrogens (tertiary/aromatic N) is 2. The number of hydrogen-bond donors (Lipinski definition) is 1. The minimum Gasteiger partial charge on any atom is -0.493 e. The van der Waals surface area contributed by atoms with Gasteiger partial charge in [0.25, 0.3) is 0 Å². The maximum Gasteiger partial charge on any atom is 0.339 e. The Morgan fingerprint density at radius 3 is 2.85 bits per heavy atom. The Labute approximate surface area is 161 Å². The van der Waals surface area contributed by atoms with Gasteiger partial charge in [-0.05, 0) is 57.0 Å². The minimum atomic E-state index is -0.676. The maximum atomic E-state index is 14.6. The fourth-order valence-electron chi connectivity index (χ4n) is 3.03. The van der Waals surface area contributed by atoms with Crippen molar-refractivity contribution in [3.8, 4) is 11.6 Å². The van der Waals surface area contributed by atoms with Crippen molar-refractivity contribution in [3.63, 3.8) is 0 Å². The van der Waals surface area contributed by atoms with E-state index < -0.39 is 11.8 Å². The molecule has 1 aliphatic rings. The van der Waals surface area contributed by atoms with E-state index in [9.17, 15) is 14.3 Å². The highest BCUT2D eigenvalue weighted by Crippen LogP contribution is 2.33. The molecule has 2 heterocycles. The molecule has 1 atom stereocenters. The van der Waals surface area contributed by atoms with Crippen molar-refractivity contribution >= 4 is 29.8 Å². The lowest BCUT2D eigenvalue weighted by molar-refractivity contribution is 0.0334. The summed E-state index contributed by atoms with van der Waals surface area (Å²) in [5.41, 5.74) is 0.697. The quantitative estimate of drug-likeness (QED) is 0.593. The molecule has 5 nitrogen and oxygen atoms in total. The SMILES string of the molecule is CCC(C)OC(=O)c1cc(-n2c(O)c3n(c2=S)CCCC3)c(F)cc1Cl. The number of aromatic nitrogens is 2. The van der Waals surface area contributed by atoms with E-state index in [2.05, 4.69) is 0 Å². The number of ether oxygens (including phenoxy) is 1. The zero-order valence-electron chi connectivity index (χ0n) is 14.6. The van der Waals surface area contributed by atoms with Crippen molar-refractivity contribution in [2.24, 2.45) is 0 Å². The third-order valence-electron chi connectivity index (χ3n) is 4.64. The van der Waals surface area contributed by atoms with Gasteiger partial charge >= 0.3 is 5.97 Å². The number of halogens is 2. The first-order chi connectivity index (χ1) is 12.3. The molecular formula is C18H20ClFN2O3S. The van der Waals surface area contributed by atoms with Gasteiger partial charge in [-0.1, -0.05) is 18.5 Å². The van der Waals surface area contributed by atoms with Crippen molar-refractivity contribution in [1.82, 2.24) is 9.13 Å². The van der Waals surface area contributed by atoms with Crippen LogP contribution in [-0.2, 0) is 17.7 Å². The van der Waals surface area contributed by atoms with Gasteiger partial charge in [-0.15, -0.1) is 0 Å². The third-order valence-corrected chi connectivity index (χ3v) is 5.36. The molecule has 0 amide bonds. The van der Waals surface area contributed by atoms with E-state index >= 15 is 0 Å². The molecule has 0 aliphatic carbocycles. The number of esters is 1. The Hall–Kier alpha value is -1.86. The summed E-state index contributed by atoms with van der Waals surface area (Å²) in [5.74, 6) is -1.41. The fraction of sp³-hybridized carbons (Fsp3) is 0.444. The van der Waals surface area contributed by atoms with Crippen molar-refractivity contribution in [3.05, 3.63) is 39.0 Å². The molecule has 1 N–H and O–H groups in total. The second kappa shape index (κ2) is 7.40. The van der Waals surface area contributed by atoms with E-state index in [0.29, 0.717) is 29.9 Å². The monoisotopic (exact) mass is 398 g/mol. The molecule has 26 heavy (non-hydrogen) atoms. The van der Waals surface area contributed by atoms with Crippen molar-refractivity contribution < 1.29 is 19.0 Å². The summed E-state index contributed by atoms with van der Waals surface area (Å²) in [6.07, 6.45) is 2.91. The summed E-state index contributed by atoms with van der Waals surface area (Å²) in [5, 5.41) is 10.5. The van der Waals surface area contributed by atoms with Crippen molar-refractivity contribution in [2.45, 2.75) is 52.2 Å². The van der Waals surface area contributed by atoms with Crippen LogP contribution in [-0.4, -0.2) is 26.3 Å². The van der Waals surface area contributed by atoms with Crippen LogP contribution in [0.2, 0.25) is 5.02 Å². The minimum absolute atomic E-state index is 0.0186. The molecule has 0 fully saturated rings. The predicted molar refractivity (Wildman–Crippen MR) is 99.3 cm³/mol. The van der Waals surface area contributed by atoms with Crippen molar-refractivity contribution in [1.29, 1.82) is 0 Å². The van der Waals surface area contributed by atoms with Crippen LogP contribution in [0.4, 0.5) is 4.39 Å². The van der Waals surface area contributed by atoms with Gasteiger partial charge < -0.3 is 14.4 Å². The molecular weight excluding hydrogens is 379 g/mol. The van der Waals surface area contributed by atoms with Crippen LogP contribution in [0.5, 0.6) is 5.88 Å². The molecule has 0 bridgehead atoms. The van der Waals surface area contributed by atoms with Gasteiger partial charge in [0.1, 0.15) is 5.82 Å². The zero-order valence-corrected chi connectivity index (χ0v) is 16.2. The highest BCUT2D eigenvalue weighted by molar-refractivity contribution is 7.71. The topological polar surface area (TPSA) is 56.4 Å². The summed E-state index contributed by atoms with van der Waals surface area (Å²) in [6.45, 7) is 4.33. The van der Waals surface area contributed by atoms with E-state index in [0.717, 1.165) is 18.9 Å². The van der Waals surface area contributed by atoms with Gasteiger partial charge in [-0.25, -0.2) is 9.18 Å². The number of imidazole rings is 1. The fourth-order valence-corrected chi connectivity index (χ4v) is 3.64. The van der Waals surface area contributed by atoms with Gasteiger partial charge in [-0.3, -0.25) is 4.57 Å². The lowest BCUT2D eigenvalue weighted by Crippen LogP contribution is -2.15. The van der Waals surface area contributed by atoms with E-state index in [1.165, 1.54) is 10.6 Å². The Morgan fingerprint density at radius 2 is 2.19 bits per heavy atom.